The summed E-state index contributed by atoms with van der Waals surface area (Å²) in [5, 5.41) is 9.76. The Morgan fingerprint density at radius 2 is 2.09 bits per heavy atom. The number of hydrogen-bond acceptors (Lipinski definition) is 4. The van der Waals surface area contributed by atoms with Gasteiger partial charge in [0.25, 0.3) is 0 Å². The monoisotopic (exact) mass is 321 g/mol. The summed E-state index contributed by atoms with van der Waals surface area (Å²) in [7, 11) is 5.35. The number of hydrogen-bond donors (Lipinski definition) is 2. The normalized spacial score (nSPS) is 16.8. The Bertz CT molecular complexity index is 536. The van der Waals surface area contributed by atoms with Gasteiger partial charge in [-0.2, -0.15) is 5.10 Å². The van der Waals surface area contributed by atoms with Crippen LogP contribution in [0.1, 0.15) is 43.7 Å². The SMILES string of the molecule is CNC(C(=O)NCC(=O)N(C)C1CCCCC1)c1cnn(C)c1. The van der Waals surface area contributed by atoms with E-state index in [1.54, 1.807) is 36.1 Å². The van der Waals surface area contributed by atoms with Gasteiger partial charge in [-0.1, -0.05) is 19.3 Å². The van der Waals surface area contributed by atoms with E-state index in [0.29, 0.717) is 6.04 Å². The minimum Gasteiger partial charge on any atom is -0.345 e. The van der Waals surface area contributed by atoms with E-state index >= 15 is 0 Å². The van der Waals surface area contributed by atoms with Gasteiger partial charge in [-0.3, -0.25) is 14.3 Å². The first-order chi connectivity index (χ1) is 11.0. The van der Waals surface area contributed by atoms with Crippen molar-refractivity contribution in [3.05, 3.63) is 18.0 Å². The van der Waals surface area contributed by atoms with Crippen molar-refractivity contribution in [2.75, 3.05) is 20.6 Å². The first kappa shape index (κ1) is 17.5. The predicted octanol–water partition coefficient (Wildman–Crippen LogP) is 0.588. The van der Waals surface area contributed by atoms with Crippen LogP contribution < -0.4 is 10.6 Å². The van der Waals surface area contributed by atoms with Gasteiger partial charge in [-0.25, -0.2) is 0 Å². The van der Waals surface area contributed by atoms with Crippen molar-refractivity contribution in [1.82, 2.24) is 25.3 Å². The van der Waals surface area contributed by atoms with Crippen molar-refractivity contribution in [2.45, 2.75) is 44.2 Å². The molecule has 7 nitrogen and oxygen atoms in total. The van der Waals surface area contributed by atoms with Gasteiger partial charge < -0.3 is 15.5 Å². The van der Waals surface area contributed by atoms with Crippen LogP contribution in [0.25, 0.3) is 0 Å². The van der Waals surface area contributed by atoms with E-state index in [2.05, 4.69) is 15.7 Å². The van der Waals surface area contributed by atoms with Gasteiger partial charge in [-0.15, -0.1) is 0 Å². The first-order valence-electron chi connectivity index (χ1n) is 8.22. The van der Waals surface area contributed by atoms with Crippen LogP contribution in [-0.4, -0.2) is 53.2 Å². The minimum absolute atomic E-state index is 0.0320. The average molecular weight is 321 g/mol. The number of nitrogens with one attached hydrogen (secondary N) is 2. The van der Waals surface area contributed by atoms with Crippen molar-refractivity contribution >= 4 is 11.8 Å². The second-order valence-electron chi connectivity index (χ2n) is 6.18. The van der Waals surface area contributed by atoms with Crippen LogP contribution in [0.3, 0.4) is 0 Å². The van der Waals surface area contributed by atoms with E-state index in [1.165, 1.54) is 19.3 Å². The number of nitrogens with zero attached hydrogens (tertiary/aromatic N) is 3. The quantitative estimate of drug-likeness (QED) is 0.804. The molecule has 0 spiro atoms. The van der Waals surface area contributed by atoms with E-state index < -0.39 is 6.04 Å². The molecule has 23 heavy (non-hydrogen) atoms. The van der Waals surface area contributed by atoms with E-state index in [0.717, 1.165) is 18.4 Å². The van der Waals surface area contributed by atoms with Crippen molar-refractivity contribution in [2.24, 2.45) is 7.05 Å². The number of rotatable bonds is 6. The molecule has 2 rings (SSSR count). The lowest BCUT2D eigenvalue weighted by Gasteiger charge is -2.31. The smallest absolute Gasteiger partial charge is 0.242 e. The molecule has 1 aliphatic carbocycles. The van der Waals surface area contributed by atoms with Gasteiger partial charge >= 0.3 is 0 Å². The zero-order valence-corrected chi connectivity index (χ0v) is 14.2. The number of aromatic nitrogens is 2. The Labute approximate surface area is 137 Å². The predicted molar refractivity (Wildman–Crippen MR) is 87.7 cm³/mol. The molecule has 1 fully saturated rings. The molecular weight excluding hydrogens is 294 g/mol. The molecule has 2 N–H and O–H groups in total. The Morgan fingerprint density at radius 3 is 2.65 bits per heavy atom. The summed E-state index contributed by atoms with van der Waals surface area (Å²) in [5.41, 5.74) is 0.778. The van der Waals surface area contributed by atoms with Gasteiger partial charge in [-0.05, 0) is 19.9 Å². The lowest BCUT2D eigenvalue weighted by Crippen LogP contribution is -2.46. The minimum atomic E-state index is -0.503. The highest BCUT2D eigenvalue weighted by atomic mass is 16.2. The molecular formula is C16H27N5O2. The molecule has 7 heteroatoms. The van der Waals surface area contributed by atoms with E-state index in [9.17, 15) is 9.59 Å². The average Bonchev–Trinajstić information content (AvgIpc) is 2.99. The number of carbonyl (C=O) groups is 2. The highest BCUT2D eigenvalue weighted by molar-refractivity contribution is 5.88. The van der Waals surface area contributed by atoms with E-state index in [4.69, 9.17) is 0 Å². The third kappa shape index (κ3) is 4.54. The van der Waals surface area contributed by atoms with Crippen molar-refractivity contribution < 1.29 is 9.59 Å². The van der Waals surface area contributed by atoms with Crippen LogP contribution in [0.2, 0.25) is 0 Å². The third-order valence-corrected chi connectivity index (χ3v) is 4.54. The van der Waals surface area contributed by atoms with Gasteiger partial charge in [0.15, 0.2) is 0 Å². The fourth-order valence-corrected chi connectivity index (χ4v) is 3.10. The number of likely N-dealkylation sites (N-methyl/N-ethyl adjacent to an activating group) is 2. The van der Waals surface area contributed by atoms with Crippen LogP contribution >= 0.6 is 0 Å². The highest BCUT2D eigenvalue weighted by Gasteiger charge is 2.24. The van der Waals surface area contributed by atoms with E-state index in [1.807, 2.05) is 7.05 Å². The van der Waals surface area contributed by atoms with Gasteiger partial charge in [0, 0.05) is 31.9 Å². The second kappa shape index (κ2) is 8.10. The second-order valence-corrected chi connectivity index (χ2v) is 6.18. The lowest BCUT2D eigenvalue weighted by atomic mass is 9.94. The molecule has 0 aromatic carbocycles. The summed E-state index contributed by atoms with van der Waals surface area (Å²) in [6.45, 7) is 0.0320. The van der Waals surface area contributed by atoms with Crippen molar-refractivity contribution in [3.8, 4) is 0 Å². The Kier molecular flexibility index (Phi) is 6.15. The zero-order valence-electron chi connectivity index (χ0n) is 14.2. The largest absolute Gasteiger partial charge is 0.345 e. The number of carbonyl (C=O) groups excluding carboxylic acids is 2. The van der Waals surface area contributed by atoms with Crippen molar-refractivity contribution in [1.29, 1.82) is 0 Å². The molecule has 1 atom stereocenters. The molecule has 1 aromatic rings. The molecule has 1 unspecified atom stereocenters. The topological polar surface area (TPSA) is 79.3 Å². The molecule has 128 valence electrons. The van der Waals surface area contributed by atoms with Crippen LogP contribution in [0, 0.1) is 0 Å². The zero-order chi connectivity index (χ0) is 16.8. The molecule has 1 heterocycles. The van der Waals surface area contributed by atoms with Gasteiger partial charge in [0.05, 0.1) is 12.7 Å². The van der Waals surface area contributed by atoms with E-state index in [-0.39, 0.29) is 18.4 Å². The summed E-state index contributed by atoms with van der Waals surface area (Å²) in [6.07, 6.45) is 9.17. The highest BCUT2D eigenvalue weighted by Crippen LogP contribution is 2.21. The number of aryl methyl sites for hydroxylation is 1. The summed E-state index contributed by atoms with van der Waals surface area (Å²) in [5.74, 6) is -0.253. The first-order valence-corrected chi connectivity index (χ1v) is 8.22. The molecule has 2 amide bonds. The summed E-state index contributed by atoms with van der Waals surface area (Å²) in [6, 6.07) is -0.192. The molecule has 1 saturated carbocycles. The number of amides is 2. The fraction of sp³-hybridized carbons (Fsp3) is 0.688. The van der Waals surface area contributed by atoms with Gasteiger partial charge in [0.1, 0.15) is 6.04 Å². The summed E-state index contributed by atoms with van der Waals surface area (Å²) in [4.78, 5) is 26.4. The molecule has 1 aliphatic rings. The van der Waals surface area contributed by atoms with Gasteiger partial charge in [0.2, 0.25) is 11.8 Å². The molecule has 1 aromatic heterocycles. The third-order valence-electron chi connectivity index (χ3n) is 4.54. The molecule has 0 aliphatic heterocycles. The van der Waals surface area contributed by atoms with Crippen LogP contribution in [0.5, 0.6) is 0 Å². The van der Waals surface area contributed by atoms with Crippen LogP contribution in [0.4, 0.5) is 0 Å². The molecule has 0 saturated heterocycles. The summed E-state index contributed by atoms with van der Waals surface area (Å²) < 4.78 is 1.65. The standard InChI is InChI=1S/C16H27N5O2/c1-17-15(12-9-19-20(2)11-12)16(23)18-10-14(22)21(3)13-7-5-4-6-8-13/h9,11,13,15,17H,4-8,10H2,1-3H3,(H,18,23). The maximum Gasteiger partial charge on any atom is 0.242 e. The van der Waals surface area contributed by atoms with Crippen molar-refractivity contribution in [3.63, 3.8) is 0 Å². The maximum atomic E-state index is 12.3. The lowest BCUT2D eigenvalue weighted by molar-refractivity contribution is -0.134. The molecule has 0 radical (unpaired) electrons. The molecule has 0 bridgehead atoms. The van der Waals surface area contributed by atoms with Crippen LogP contribution in [-0.2, 0) is 16.6 Å². The Hall–Kier alpha value is -1.89. The fourth-order valence-electron chi connectivity index (χ4n) is 3.10. The summed E-state index contributed by atoms with van der Waals surface area (Å²) >= 11 is 0. The maximum absolute atomic E-state index is 12.3. The Balaban J connectivity index is 1.85. The Morgan fingerprint density at radius 1 is 1.39 bits per heavy atom. The van der Waals surface area contributed by atoms with Crippen LogP contribution in [0.15, 0.2) is 12.4 Å².